The van der Waals surface area contributed by atoms with Gasteiger partial charge in [-0.15, -0.1) is 11.3 Å². The van der Waals surface area contributed by atoms with Crippen molar-refractivity contribution in [2.75, 3.05) is 0 Å². The Hall–Kier alpha value is -1.40. The molecular formula is C15H17F3N2S. The second-order valence-corrected chi connectivity index (χ2v) is 6.06. The summed E-state index contributed by atoms with van der Waals surface area (Å²) in [6.07, 6.45) is -4.38. The van der Waals surface area contributed by atoms with Gasteiger partial charge >= 0.3 is 6.18 Å². The van der Waals surface area contributed by atoms with E-state index in [9.17, 15) is 13.2 Å². The molecule has 0 aliphatic heterocycles. The van der Waals surface area contributed by atoms with Gasteiger partial charge in [0, 0.05) is 17.1 Å². The van der Waals surface area contributed by atoms with Crippen LogP contribution in [0.5, 0.6) is 0 Å². The molecule has 0 fully saturated rings. The summed E-state index contributed by atoms with van der Waals surface area (Å²) in [5.74, 6) is 0. The molecule has 1 atom stereocenters. The Morgan fingerprint density at radius 3 is 2.38 bits per heavy atom. The highest BCUT2D eigenvalue weighted by molar-refractivity contribution is 7.09. The fraction of sp³-hybridized carbons (Fsp3) is 0.400. The number of hydrogen-bond acceptors (Lipinski definition) is 3. The third kappa shape index (κ3) is 3.83. The first-order chi connectivity index (χ1) is 9.79. The second kappa shape index (κ2) is 6.15. The molecule has 21 heavy (non-hydrogen) atoms. The predicted octanol–water partition coefficient (Wildman–Crippen LogP) is 4.56. The van der Waals surface area contributed by atoms with E-state index in [4.69, 9.17) is 0 Å². The summed E-state index contributed by atoms with van der Waals surface area (Å²) >= 11 is 1.37. The molecule has 2 aromatic rings. The van der Waals surface area contributed by atoms with E-state index in [1.807, 2.05) is 26.2 Å². The molecule has 0 spiro atoms. The quantitative estimate of drug-likeness (QED) is 0.895. The summed E-state index contributed by atoms with van der Waals surface area (Å²) < 4.78 is 39.7. The Morgan fingerprint density at radius 2 is 1.86 bits per heavy atom. The van der Waals surface area contributed by atoms with Crippen molar-refractivity contribution in [3.8, 4) is 0 Å². The van der Waals surface area contributed by atoms with Crippen molar-refractivity contribution in [3.05, 3.63) is 51.5 Å². The lowest BCUT2D eigenvalue weighted by atomic mass is 9.99. The molecule has 0 radical (unpaired) electrons. The summed E-state index contributed by atoms with van der Waals surface area (Å²) in [7, 11) is 0. The highest BCUT2D eigenvalue weighted by Crippen LogP contribution is 2.37. The van der Waals surface area contributed by atoms with Crippen LogP contribution in [0.4, 0.5) is 13.2 Å². The largest absolute Gasteiger partial charge is 0.416 e. The second-order valence-electron chi connectivity index (χ2n) is 5.17. The minimum atomic E-state index is -4.38. The Morgan fingerprint density at radius 1 is 1.19 bits per heavy atom. The lowest BCUT2D eigenvalue weighted by Gasteiger charge is -2.23. The molecule has 1 unspecified atom stereocenters. The van der Waals surface area contributed by atoms with E-state index in [1.165, 1.54) is 23.5 Å². The standard InChI is InChI=1S/C15H17F3N2S/c1-9(2)19-13(14-20-10(3)8-21-14)11-6-4-5-7-12(11)15(16,17)18/h4-9,13,19H,1-3H3. The molecule has 2 rings (SSSR count). The van der Waals surface area contributed by atoms with Gasteiger partial charge in [-0.1, -0.05) is 18.2 Å². The van der Waals surface area contributed by atoms with Crippen LogP contribution in [0.3, 0.4) is 0 Å². The van der Waals surface area contributed by atoms with Crippen molar-refractivity contribution in [2.45, 2.75) is 39.0 Å². The average molecular weight is 314 g/mol. The zero-order chi connectivity index (χ0) is 15.6. The van der Waals surface area contributed by atoms with Gasteiger partial charge in [0.05, 0.1) is 11.6 Å². The number of thiazole rings is 1. The number of aryl methyl sites for hydroxylation is 1. The number of nitrogens with one attached hydrogen (secondary N) is 1. The van der Waals surface area contributed by atoms with E-state index in [0.717, 1.165) is 11.8 Å². The number of hydrogen-bond donors (Lipinski definition) is 1. The third-order valence-corrected chi connectivity index (χ3v) is 3.99. The Kier molecular flexibility index (Phi) is 4.68. The summed E-state index contributed by atoms with van der Waals surface area (Å²) in [6, 6.07) is 5.15. The molecule has 0 saturated heterocycles. The van der Waals surface area contributed by atoms with Gasteiger partial charge in [-0.2, -0.15) is 13.2 Å². The Bertz CT molecular complexity index is 605. The van der Waals surface area contributed by atoms with Gasteiger partial charge in [0.2, 0.25) is 0 Å². The summed E-state index contributed by atoms with van der Waals surface area (Å²) in [4.78, 5) is 4.35. The first kappa shape index (κ1) is 16.0. The summed E-state index contributed by atoms with van der Waals surface area (Å²) in [5, 5.41) is 5.68. The lowest BCUT2D eigenvalue weighted by Crippen LogP contribution is -2.30. The van der Waals surface area contributed by atoms with E-state index in [1.54, 1.807) is 6.07 Å². The molecule has 114 valence electrons. The van der Waals surface area contributed by atoms with Gasteiger partial charge in [0.15, 0.2) is 0 Å². The van der Waals surface area contributed by atoms with Gasteiger partial charge in [0.25, 0.3) is 0 Å². The van der Waals surface area contributed by atoms with Crippen LogP contribution in [0.25, 0.3) is 0 Å². The molecule has 0 amide bonds. The molecule has 1 aromatic carbocycles. The molecule has 0 saturated carbocycles. The average Bonchev–Trinajstić information content (AvgIpc) is 2.81. The van der Waals surface area contributed by atoms with E-state index < -0.39 is 17.8 Å². The van der Waals surface area contributed by atoms with Crippen molar-refractivity contribution in [2.24, 2.45) is 0 Å². The van der Waals surface area contributed by atoms with Gasteiger partial charge in [0.1, 0.15) is 5.01 Å². The van der Waals surface area contributed by atoms with Crippen LogP contribution in [0, 0.1) is 6.92 Å². The topological polar surface area (TPSA) is 24.9 Å². The zero-order valence-corrected chi connectivity index (χ0v) is 12.8. The number of nitrogens with zero attached hydrogens (tertiary/aromatic N) is 1. The highest BCUT2D eigenvalue weighted by Gasteiger charge is 2.36. The monoisotopic (exact) mass is 314 g/mol. The minimum absolute atomic E-state index is 0.0421. The first-order valence-electron chi connectivity index (χ1n) is 6.63. The summed E-state index contributed by atoms with van der Waals surface area (Å²) in [5.41, 5.74) is 0.416. The van der Waals surface area contributed by atoms with Crippen LogP contribution in [0.15, 0.2) is 29.6 Å². The maximum Gasteiger partial charge on any atom is 0.416 e. The van der Waals surface area contributed by atoms with E-state index >= 15 is 0 Å². The van der Waals surface area contributed by atoms with E-state index in [-0.39, 0.29) is 11.6 Å². The predicted molar refractivity (Wildman–Crippen MR) is 78.4 cm³/mol. The fourth-order valence-corrected chi connectivity index (χ4v) is 3.01. The van der Waals surface area contributed by atoms with Crippen LogP contribution in [0.1, 0.15) is 41.7 Å². The molecule has 0 aliphatic rings. The van der Waals surface area contributed by atoms with Gasteiger partial charge in [-0.3, -0.25) is 0 Å². The highest BCUT2D eigenvalue weighted by atomic mass is 32.1. The summed E-state index contributed by atoms with van der Waals surface area (Å²) in [6.45, 7) is 5.65. The molecule has 6 heteroatoms. The molecule has 1 heterocycles. The zero-order valence-electron chi connectivity index (χ0n) is 12.0. The van der Waals surface area contributed by atoms with Crippen LogP contribution in [0.2, 0.25) is 0 Å². The number of benzene rings is 1. The van der Waals surface area contributed by atoms with Crippen LogP contribution in [-0.4, -0.2) is 11.0 Å². The van der Waals surface area contributed by atoms with E-state index in [2.05, 4.69) is 10.3 Å². The SMILES string of the molecule is Cc1csc(C(NC(C)C)c2ccccc2C(F)(F)F)n1. The number of rotatable bonds is 4. The maximum absolute atomic E-state index is 13.2. The van der Waals surface area contributed by atoms with Crippen LogP contribution in [-0.2, 0) is 6.18 Å². The van der Waals surface area contributed by atoms with Crippen LogP contribution < -0.4 is 5.32 Å². The van der Waals surface area contributed by atoms with Gasteiger partial charge in [-0.05, 0) is 32.4 Å². The van der Waals surface area contributed by atoms with E-state index in [0.29, 0.717) is 5.01 Å². The third-order valence-electron chi connectivity index (χ3n) is 2.96. The van der Waals surface area contributed by atoms with Crippen molar-refractivity contribution < 1.29 is 13.2 Å². The van der Waals surface area contributed by atoms with Crippen molar-refractivity contribution >= 4 is 11.3 Å². The van der Waals surface area contributed by atoms with Crippen molar-refractivity contribution in [1.29, 1.82) is 0 Å². The molecule has 0 aliphatic carbocycles. The molecule has 1 N–H and O–H groups in total. The number of halogens is 3. The fourth-order valence-electron chi connectivity index (χ4n) is 2.14. The van der Waals surface area contributed by atoms with Crippen molar-refractivity contribution in [3.63, 3.8) is 0 Å². The molecule has 2 nitrogen and oxygen atoms in total. The minimum Gasteiger partial charge on any atom is -0.302 e. The number of aromatic nitrogens is 1. The Balaban J connectivity index is 2.52. The molecular weight excluding hydrogens is 297 g/mol. The van der Waals surface area contributed by atoms with Crippen molar-refractivity contribution in [1.82, 2.24) is 10.3 Å². The smallest absolute Gasteiger partial charge is 0.302 e. The number of alkyl halides is 3. The first-order valence-corrected chi connectivity index (χ1v) is 7.51. The maximum atomic E-state index is 13.2. The Labute approximate surface area is 126 Å². The molecule has 1 aromatic heterocycles. The van der Waals surface area contributed by atoms with Crippen LogP contribution >= 0.6 is 11.3 Å². The lowest BCUT2D eigenvalue weighted by molar-refractivity contribution is -0.138. The molecule has 0 bridgehead atoms. The van der Waals surface area contributed by atoms with Gasteiger partial charge in [-0.25, -0.2) is 4.98 Å². The normalized spacial score (nSPS) is 13.7. The van der Waals surface area contributed by atoms with Gasteiger partial charge < -0.3 is 5.32 Å².